The lowest BCUT2D eigenvalue weighted by molar-refractivity contribution is -0.118. The molecule has 0 spiro atoms. The summed E-state index contributed by atoms with van der Waals surface area (Å²) in [6.07, 6.45) is 2.77. The van der Waals surface area contributed by atoms with Crippen molar-refractivity contribution in [2.75, 3.05) is 0 Å². The molecular weight excluding hydrogens is 348 g/mol. The van der Waals surface area contributed by atoms with E-state index < -0.39 is 11.7 Å². The van der Waals surface area contributed by atoms with Crippen LogP contribution in [-0.2, 0) is 9.53 Å². The maximum atomic E-state index is 12.6. The third kappa shape index (κ3) is 3.80. The third-order valence-corrected chi connectivity index (χ3v) is 5.01. The summed E-state index contributed by atoms with van der Waals surface area (Å²) in [6.45, 7) is 7.54. The number of benzene rings is 1. The summed E-state index contributed by atoms with van der Waals surface area (Å²) in [5.74, 6) is 0.194. The second-order valence-electron chi connectivity index (χ2n) is 7.32. The van der Waals surface area contributed by atoms with Gasteiger partial charge in [-0.05, 0) is 38.7 Å². The number of aromatic nitrogens is 1. The van der Waals surface area contributed by atoms with E-state index >= 15 is 0 Å². The molecule has 0 amide bonds. The number of nitrogens with one attached hydrogen (secondary N) is 1. The van der Waals surface area contributed by atoms with Gasteiger partial charge in [-0.3, -0.25) is 9.36 Å². The predicted octanol–water partition coefficient (Wildman–Crippen LogP) is 4.75. The average molecular weight is 372 g/mol. The number of thioether (sulfide) groups is 1. The van der Waals surface area contributed by atoms with Gasteiger partial charge in [0.25, 0.3) is 0 Å². The fourth-order valence-electron chi connectivity index (χ4n) is 2.88. The van der Waals surface area contributed by atoms with Crippen molar-refractivity contribution < 1.29 is 14.3 Å². The van der Waals surface area contributed by atoms with Crippen molar-refractivity contribution in [2.24, 2.45) is 0 Å². The van der Waals surface area contributed by atoms with E-state index in [0.29, 0.717) is 6.42 Å². The monoisotopic (exact) mass is 372 g/mol. The minimum Gasteiger partial charge on any atom is -0.443 e. The Labute approximate surface area is 157 Å². The molecule has 0 saturated heterocycles. The smallest absolute Gasteiger partial charge is 0.419 e. The van der Waals surface area contributed by atoms with Gasteiger partial charge in [0, 0.05) is 23.6 Å². The molecular formula is C20H24N2O3S. The summed E-state index contributed by atoms with van der Waals surface area (Å²) in [4.78, 5) is 24.8. The van der Waals surface area contributed by atoms with E-state index in [0.717, 1.165) is 28.6 Å². The molecule has 0 radical (unpaired) electrons. The minimum atomic E-state index is -0.568. The highest BCUT2D eigenvalue weighted by Crippen LogP contribution is 2.33. The third-order valence-electron chi connectivity index (χ3n) is 3.99. The van der Waals surface area contributed by atoms with Crippen molar-refractivity contribution in [1.82, 2.24) is 9.88 Å². The largest absolute Gasteiger partial charge is 0.443 e. The number of Topliss-reactive ketones (excluding diaryl/α,β-unsaturated/α-hetero) is 1. The highest BCUT2D eigenvalue weighted by atomic mass is 32.2. The quantitative estimate of drug-likeness (QED) is 0.839. The topological polar surface area (TPSA) is 60.3 Å². The van der Waals surface area contributed by atoms with Crippen molar-refractivity contribution in [3.63, 3.8) is 0 Å². The maximum Gasteiger partial charge on any atom is 0.419 e. The number of fused-ring (bicyclic) bond motifs is 1. The van der Waals surface area contributed by atoms with E-state index in [1.165, 1.54) is 16.3 Å². The van der Waals surface area contributed by atoms with Crippen molar-refractivity contribution in [2.45, 2.75) is 51.5 Å². The van der Waals surface area contributed by atoms with Crippen LogP contribution in [0.15, 0.2) is 35.9 Å². The van der Waals surface area contributed by atoms with Gasteiger partial charge in [0.1, 0.15) is 11.0 Å². The van der Waals surface area contributed by atoms with E-state index in [2.05, 4.69) is 5.32 Å². The normalized spacial score (nSPS) is 17.1. The van der Waals surface area contributed by atoms with Crippen LogP contribution in [0.4, 0.5) is 4.79 Å². The number of ketones is 1. The fraction of sp³-hybridized carbons (Fsp3) is 0.400. The van der Waals surface area contributed by atoms with E-state index in [9.17, 15) is 9.59 Å². The average Bonchev–Trinajstić information content (AvgIpc) is 3.18. The molecule has 26 heavy (non-hydrogen) atoms. The van der Waals surface area contributed by atoms with E-state index in [-0.39, 0.29) is 11.2 Å². The van der Waals surface area contributed by atoms with Crippen LogP contribution in [0, 0.1) is 0 Å². The molecule has 0 fully saturated rings. The summed E-state index contributed by atoms with van der Waals surface area (Å²) in [7, 11) is 0. The Balaban J connectivity index is 1.93. The molecule has 3 rings (SSSR count). The summed E-state index contributed by atoms with van der Waals surface area (Å²) < 4.78 is 7.06. The number of hydrogen-bond donors (Lipinski definition) is 1. The summed E-state index contributed by atoms with van der Waals surface area (Å²) in [5, 5.41) is 5.94. The van der Waals surface area contributed by atoms with Gasteiger partial charge in [0.15, 0.2) is 5.78 Å². The van der Waals surface area contributed by atoms with Crippen molar-refractivity contribution in [1.29, 1.82) is 0 Å². The number of hydrogen-bond acceptors (Lipinski definition) is 5. The maximum absolute atomic E-state index is 12.6. The van der Waals surface area contributed by atoms with Gasteiger partial charge >= 0.3 is 6.09 Å². The van der Waals surface area contributed by atoms with Crippen LogP contribution in [0.3, 0.4) is 0 Å². The number of carbonyl (C=O) groups is 2. The molecule has 1 atom stereocenters. The van der Waals surface area contributed by atoms with Crippen molar-refractivity contribution in [3.8, 4) is 0 Å². The number of para-hydroxylation sites is 1. The molecule has 6 heteroatoms. The number of nitrogens with zero attached hydrogens (tertiary/aromatic N) is 1. The molecule has 2 aromatic rings. The van der Waals surface area contributed by atoms with Crippen molar-refractivity contribution in [3.05, 3.63) is 41.4 Å². The molecule has 1 aromatic heterocycles. The first kappa shape index (κ1) is 18.6. The lowest BCUT2D eigenvalue weighted by Crippen LogP contribution is -2.28. The number of ether oxygens (including phenoxy) is 1. The van der Waals surface area contributed by atoms with Crippen LogP contribution in [0.2, 0.25) is 0 Å². The van der Waals surface area contributed by atoms with Crippen LogP contribution in [0.5, 0.6) is 0 Å². The summed E-state index contributed by atoms with van der Waals surface area (Å²) in [5.41, 5.74) is 1.97. The lowest BCUT2D eigenvalue weighted by Gasteiger charge is -2.19. The van der Waals surface area contributed by atoms with Gasteiger partial charge in [-0.25, -0.2) is 4.79 Å². The first-order valence-electron chi connectivity index (χ1n) is 8.79. The van der Waals surface area contributed by atoms with Gasteiger partial charge in [-0.2, -0.15) is 0 Å². The molecule has 1 unspecified atom stereocenters. The van der Waals surface area contributed by atoms with Crippen LogP contribution < -0.4 is 5.32 Å². The van der Waals surface area contributed by atoms with Crippen LogP contribution >= 0.6 is 11.8 Å². The van der Waals surface area contributed by atoms with Crippen LogP contribution in [-0.4, -0.2) is 27.4 Å². The first-order chi connectivity index (χ1) is 12.3. The molecule has 0 bridgehead atoms. The molecule has 0 saturated carbocycles. The van der Waals surface area contributed by atoms with Crippen molar-refractivity contribution >= 4 is 40.2 Å². The second-order valence-corrected chi connectivity index (χ2v) is 8.30. The Morgan fingerprint density at radius 3 is 2.69 bits per heavy atom. The molecule has 1 aliphatic rings. The second kappa shape index (κ2) is 7.19. The molecule has 1 N–H and O–H groups in total. The van der Waals surface area contributed by atoms with E-state index in [4.69, 9.17) is 4.74 Å². The summed E-state index contributed by atoms with van der Waals surface area (Å²) >= 11 is 1.48. The Kier molecular flexibility index (Phi) is 5.14. The zero-order valence-corrected chi connectivity index (χ0v) is 16.4. The Hall–Kier alpha value is -2.21. The van der Waals surface area contributed by atoms with Crippen LogP contribution in [0.25, 0.3) is 16.6 Å². The van der Waals surface area contributed by atoms with Gasteiger partial charge in [-0.15, -0.1) is 0 Å². The Morgan fingerprint density at radius 2 is 2.00 bits per heavy atom. The highest BCUT2D eigenvalue weighted by molar-refractivity contribution is 8.03. The van der Waals surface area contributed by atoms with E-state index in [1.807, 2.05) is 57.4 Å². The molecule has 1 aromatic carbocycles. The number of carbonyl (C=O) groups excluding carboxylic acids is 2. The highest BCUT2D eigenvalue weighted by Gasteiger charge is 2.27. The predicted molar refractivity (Wildman–Crippen MR) is 106 cm³/mol. The first-order valence-corrected chi connectivity index (χ1v) is 9.73. The minimum absolute atomic E-state index is 0.194. The Morgan fingerprint density at radius 1 is 1.27 bits per heavy atom. The summed E-state index contributed by atoms with van der Waals surface area (Å²) in [6, 6.07) is 7.70. The van der Waals surface area contributed by atoms with Gasteiger partial charge in [0.05, 0.1) is 11.2 Å². The molecule has 2 heterocycles. The zero-order chi connectivity index (χ0) is 18.9. The molecule has 1 aliphatic heterocycles. The van der Waals surface area contributed by atoms with Crippen LogP contribution in [0.1, 0.15) is 46.1 Å². The SMILES string of the molecule is CCCC(=O)C1NC(c2cn(C(=O)OC(C)(C)C)c3ccccc23)=CS1. The fourth-order valence-corrected chi connectivity index (χ4v) is 3.81. The molecule has 5 nitrogen and oxygen atoms in total. The van der Waals surface area contributed by atoms with E-state index in [1.54, 1.807) is 6.20 Å². The Bertz CT molecular complexity index is 877. The lowest BCUT2D eigenvalue weighted by atomic mass is 10.1. The molecule has 138 valence electrons. The molecule has 0 aliphatic carbocycles. The van der Waals surface area contributed by atoms with Gasteiger partial charge < -0.3 is 10.1 Å². The number of rotatable bonds is 4. The standard InChI is InChI=1S/C20H24N2O3S/c1-5-8-17(23)18-21-15(12-26-18)14-11-22(19(24)25-20(2,3)4)16-10-7-6-9-13(14)16/h6-7,9-12,18,21H,5,8H2,1-4H3. The zero-order valence-electron chi connectivity index (χ0n) is 15.5. The van der Waals surface area contributed by atoms with Gasteiger partial charge in [0.2, 0.25) is 0 Å². The van der Waals surface area contributed by atoms with Gasteiger partial charge in [-0.1, -0.05) is 36.9 Å².